The zero-order valence-corrected chi connectivity index (χ0v) is 11.7. The molecule has 92 valence electrons. The average Bonchev–Trinajstić information content (AvgIpc) is 2.15. The van der Waals surface area contributed by atoms with Crippen LogP contribution in [0.15, 0.2) is 0 Å². The van der Waals surface area contributed by atoms with Crippen LogP contribution < -0.4 is 5.32 Å². The van der Waals surface area contributed by atoms with Gasteiger partial charge in [-0.2, -0.15) is 0 Å². The minimum absolute atomic E-state index is 0.476. The van der Waals surface area contributed by atoms with E-state index in [1.807, 2.05) is 0 Å². The molecule has 0 saturated heterocycles. The van der Waals surface area contributed by atoms with Gasteiger partial charge in [-0.25, -0.2) is 0 Å². The average molecular weight is 213 g/mol. The lowest BCUT2D eigenvalue weighted by molar-refractivity contribution is 0.164. The third kappa shape index (κ3) is 5.55. The number of rotatable bonds is 8. The Bertz CT molecular complexity index is 147. The lowest BCUT2D eigenvalue weighted by Gasteiger charge is -2.36. The van der Waals surface area contributed by atoms with E-state index in [0.717, 1.165) is 12.5 Å². The van der Waals surface area contributed by atoms with Crippen LogP contribution in [-0.4, -0.2) is 12.6 Å². The monoisotopic (exact) mass is 213 g/mol. The minimum atomic E-state index is 0.476. The summed E-state index contributed by atoms with van der Waals surface area (Å²) >= 11 is 0. The predicted octanol–water partition coefficient (Wildman–Crippen LogP) is 4.23. The van der Waals surface area contributed by atoms with Crippen LogP contribution in [0, 0.1) is 11.3 Å². The van der Waals surface area contributed by atoms with Crippen LogP contribution in [0.1, 0.15) is 67.2 Å². The van der Waals surface area contributed by atoms with Gasteiger partial charge in [-0.3, -0.25) is 0 Å². The zero-order valence-electron chi connectivity index (χ0n) is 11.7. The largest absolute Gasteiger partial charge is 0.314 e. The van der Waals surface area contributed by atoms with E-state index in [1.165, 1.54) is 25.7 Å². The topological polar surface area (TPSA) is 12.0 Å². The molecule has 0 fully saturated rings. The Kier molecular flexibility index (Phi) is 7.25. The van der Waals surface area contributed by atoms with Gasteiger partial charge in [0.1, 0.15) is 0 Å². The first-order chi connectivity index (χ1) is 6.97. The predicted molar refractivity (Wildman–Crippen MR) is 70.2 cm³/mol. The summed E-state index contributed by atoms with van der Waals surface area (Å²) in [4.78, 5) is 0. The normalized spacial score (nSPS) is 14.6. The van der Waals surface area contributed by atoms with Gasteiger partial charge < -0.3 is 5.32 Å². The molecule has 0 heterocycles. The number of hydrogen-bond acceptors (Lipinski definition) is 1. The maximum atomic E-state index is 3.59. The molecule has 1 unspecified atom stereocenters. The molecule has 0 aromatic carbocycles. The molecule has 0 spiro atoms. The highest BCUT2D eigenvalue weighted by Gasteiger charge is 2.28. The number of nitrogens with one attached hydrogen (secondary N) is 1. The molecular weight excluding hydrogens is 182 g/mol. The summed E-state index contributed by atoms with van der Waals surface area (Å²) in [5.41, 5.74) is 0.476. The van der Waals surface area contributed by atoms with Gasteiger partial charge in [-0.15, -0.1) is 0 Å². The van der Waals surface area contributed by atoms with Crippen LogP contribution in [0.3, 0.4) is 0 Å². The molecule has 0 saturated carbocycles. The van der Waals surface area contributed by atoms with Crippen molar-refractivity contribution < 1.29 is 0 Å². The molecular formula is C14H31N. The van der Waals surface area contributed by atoms with Crippen molar-refractivity contribution in [2.75, 3.05) is 6.54 Å². The molecule has 0 bridgehead atoms. The second kappa shape index (κ2) is 7.27. The summed E-state index contributed by atoms with van der Waals surface area (Å²) in [5.74, 6) is 0.864. The molecule has 0 aromatic rings. The highest BCUT2D eigenvalue weighted by Crippen LogP contribution is 2.36. The van der Waals surface area contributed by atoms with Gasteiger partial charge in [-0.1, -0.05) is 47.5 Å². The third-order valence-corrected chi connectivity index (χ3v) is 3.67. The lowest BCUT2D eigenvalue weighted by atomic mass is 9.72. The van der Waals surface area contributed by atoms with Crippen LogP contribution in [0.25, 0.3) is 0 Å². The van der Waals surface area contributed by atoms with Crippen molar-refractivity contribution in [1.29, 1.82) is 0 Å². The molecule has 0 aliphatic rings. The van der Waals surface area contributed by atoms with Crippen molar-refractivity contribution >= 4 is 0 Å². The first-order valence-electron chi connectivity index (χ1n) is 6.71. The Morgan fingerprint density at radius 1 is 1.07 bits per heavy atom. The second-order valence-electron chi connectivity index (χ2n) is 5.56. The van der Waals surface area contributed by atoms with Gasteiger partial charge in [0.05, 0.1) is 0 Å². The van der Waals surface area contributed by atoms with Crippen molar-refractivity contribution in [2.45, 2.75) is 73.3 Å². The molecule has 1 atom stereocenters. The van der Waals surface area contributed by atoms with E-state index >= 15 is 0 Å². The Labute approximate surface area is 97.0 Å². The van der Waals surface area contributed by atoms with Gasteiger partial charge in [0.25, 0.3) is 0 Å². The van der Waals surface area contributed by atoms with Gasteiger partial charge in [0, 0.05) is 6.04 Å². The summed E-state index contributed by atoms with van der Waals surface area (Å²) in [6.07, 6.45) is 5.14. The van der Waals surface area contributed by atoms with Crippen LogP contribution in [0.4, 0.5) is 0 Å². The fourth-order valence-corrected chi connectivity index (χ4v) is 2.81. The summed E-state index contributed by atoms with van der Waals surface area (Å²) in [6.45, 7) is 15.2. The lowest BCUT2D eigenvalue weighted by Crippen LogP contribution is -2.35. The first kappa shape index (κ1) is 15.0. The van der Waals surface area contributed by atoms with Crippen molar-refractivity contribution in [3.8, 4) is 0 Å². The molecule has 0 amide bonds. The standard InChI is InChI=1S/C14H31N/c1-7-10-15-12(4)11-14(5,6)13(8-2)9-3/h12-13,15H,7-11H2,1-6H3. The molecule has 1 nitrogen and oxygen atoms in total. The van der Waals surface area contributed by atoms with Crippen molar-refractivity contribution in [1.82, 2.24) is 5.32 Å². The summed E-state index contributed by atoms with van der Waals surface area (Å²) in [5, 5.41) is 3.59. The van der Waals surface area contributed by atoms with E-state index in [4.69, 9.17) is 0 Å². The minimum Gasteiger partial charge on any atom is -0.314 e. The van der Waals surface area contributed by atoms with Crippen LogP contribution in [0.5, 0.6) is 0 Å². The summed E-state index contributed by atoms with van der Waals surface area (Å²) in [6, 6.07) is 0.653. The second-order valence-corrected chi connectivity index (χ2v) is 5.56. The fourth-order valence-electron chi connectivity index (χ4n) is 2.81. The van der Waals surface area contributed by atoms with E-state index in [-0.39, 0.29) is 0 Å². The fraction of sp³-hybridized carbons (Fsp3) is 1.00. The van der Waals surface area contributed by atoms with E-state index in [2.05, 4.69) is 46.9 Å². The van der Waals surface area contributed by atoms with E-state index in [1.54, 1.807) is 0 Å². The molecule has 0 aromatic heterocycles. The molecule has 15 heavy (non-hydrogen) atoms. The highest BCUT2D eigenvalue weighted by atomic mass is 14.9. The molecule has 0 rings (SSSR count). The molecule has 1 N–H and O–H groups in total. The summed E-state index contributed by atoms with van der Waals surface area (Å²) in [7, 11) is 0. The number of hydrogen-bond donors (Lipinski definition) is 1. The summed E-state index contributed by atoms with van der Waals surface area (Å²) < 4.78 is 0. The van der Waals surface area contributed by atoms with E-state index in [9.17, 15) is 0 Å². The van der Waals surface area contributed by atoms with E-state index < -0.39 is 0 Å². The van der Waals surface area contributed by atoms with Crippen molar-refractivity contribution in [2.24, 2.45) is 11.3 Å². The molecule has 1 heteroatoms. The maximum absolute atomic E-state index is 3.59. The molecule has 0 radical (unpaired) electrons. The first-order valence-corrected chi connectivity index (χ1v) is 6.71. The maximum Gasteiger partial charge on any atom is 0.00439 e. The smallest absolute Gasteiger partial charge is 0.00439 e. The van der Waals surface area contributed by atoms with E-state index in [0.29, 0.717) is 11.5 Å². The van der Waals surface area contributed by atoms with Gasteiger partial charge in [0.2, 0.25) is 0 Å². The molecule has 0 aliphatic heterocycles. The Morgan fingerprint density at radius 2 is 1.60 bits per heavy atom. The van der Waals surface area contributed by atoms with Gasteiger partial charge in [0.15, 0.2) is 0 Å². The van der Waals surface area contributed by atoms with Crippen molar-refractivity contribution in [3.63, 3.8) is 0 Å². The Hall–Kier alpha value is -0.0400. The van der Waals surface area contributed by atoms with Crippen LogP contribution in [-0.2, 0) is 0 Å². The SMILES string of the molecule is CCCNC(C)CC(C)(C)C(CC)CC. The quantitative estimate of drug-likeness (QED) is 0.636. The van der Waals surface area contributed by atoms with Gasteiger partial charge in [-0.05, 0) is 37.6 Å². The highest BCUT2D eigenvalue weighted by molar-refractivity contribution is 4.80. The Balaban J connectivity index is 4.10. The molecule has 0 aliphatic carbocycles. The van der Waals surface area contributed by atoms with Gasteiger partial charge >= 0.3 is 0 Å². The van der Waals surface area contributed by atoms with Crippen LogP contribution in [0.2, 0.25) is 0 Å². The van der Waals surface area contributed by atoms with Crippen LogP contribution >= 0.6 is 0 Å². The van der Waals surface area contributed by atoms with Crippen molar-refractivity contribution in [3.05, 3.63) is 0 Å². The Morgan fingerprint density at radius 3 is 2.00 bits per heavy atom. The zero-order chi connectivity index (χ0) is 11.9. The third-order valence-electron chi connectivity index (χ3n) is 3.67.